The van der Waals surface area contributed by atoms with Gasteiger partial charge in [0, 0.05) is 13.5 Å². The van der Waals surface area contributed by atoms with Crippen LogP contribution in [0.15, 0.2) is 30.3 Å². The molecule has 1 aromatic rings. The second kappa shape index (κ2) is 6.98. The monoisotopic (exact) mass is 224 g/mol. The number of rotatable bonds is 6. The second-order valence-electron chi connectivity index (χ2n) is 3.40. The molecule has 1 atom stereocenters. The van der Waals surface area contributed by atoms with E-state index in [9.17, 15) is 9.90 Å². The van der Waals surface area contributed by atoms with Gasteiger partial charge in [-0.2, -0.15) is 0 Å². The molecule has 0 bridgehead atoms. The molecule has 4 nitrogen and oxygen atoms in total. The van der Waals surface area contributed by atoms with Gasteiger partial charge in [-0.05, 0) is 12.1 Å². The van der Waals surface area contributed by atoms with Crippen LogP contribution in [0.25, 0.3) is 0 Å². The minimum Gasteiger partial charge on any atom is -0.462 e. The highest BCUT2D eigenvalue weighted by molar-refractivity contribution is 5.89. The maximum absolute atomic E-state index is 11.4. The Morgan fingerprint density at radius 3 is 2.69 bits per heavy atom. The van der Waals surface area contributed by atoms with E-state index in [2.05, 4.69) is 0 Å². The number of methoxy groups -OCH3 is 1. The lowest BCUT2D eigenvalue weighted by atomic mass is 10.2. The average Bonchev–Trinajstić information content (AvgIpc) is 2.30. The third-order valence-corrected chi connectivity index (χ3v) is 2.05. The summed E-state index contributed by atoms with van der Waals surface area (Å²) >= 11 is 0. The molecule has 4 heteroatoms. The number of carbonyl (C=O) groups excluding carboxylic acids is 1. The Kier molecular flexibility index (Phi) is 5.53. The first-order valence-corrected chi connectivity index (χ1v) is 5.13. The van der Waals surface area contributed by atoms with E-state index in [1.54, 1.807) is 24.3 Å². The zero-order chi connectivity index (χ0) is 11.8. The predicted molar refractivity (Wildman–Crippen MR) is 59.2 cm³/mol. The first-order chi connectivity index (χ1) is 7.74. The minimum absolute atomic E-state index is 0.193. The van der Waals surface area contributed by atoms with Crippen LogP contribution in [0.3, 0.4) is 0 Å². The fourth-order valence-corrected chi connectivity index (χ4v) is 1.22. The molecule has 0 aromatic heterocycles. The normalized spacial score (nSPS) is 12.1. The van der Waals surface area contributed by atoms with Crippen molar-refractivity contribution in [1.29, 1.82) is 0 Å². The molecule has 1 rings (SSSR count). The maximum Gasteiger partial charge on any atom is 0.338 e. The van der Waals surface area contributed by atoms with Crippen LogP contribution >= 0.6 is 0 Å². The van der Waals surface area contributed by atoms with Gasteiger partial charge < -0.3 is 14.6 Å². The van der Waals surface area contributed by atoms with Gasteiger partial charge in [0.25, 0.3) is 0 Å². The molecule has 88 valence electrons. The van der Waals surface area contributed by atoms with Crippen LogP contribution in [-0.4, -0.2) is 37.5 Å². The van der Waals surface area contributed by atoms with Crippen LogP contribution in [0.5, 0.6) is 0 Å². The summed E-state index contributed by atoms with van der Waals surface area (Å²) in [5, 5.41) is 9.32. The van der Waals surface area contributed by atoms with Crippen molar-refractivity contribution < 1.29 is 19.4 Å². The Morgan fingerprint density at radius 2 is 2.06 bits per heavy atom. The molecule has 0 saturated heterocycles. The number of hydrogen-bond donors (Lipinski definition) is 1. The topological polar surface area (TPSA) is 55.8 Å². The Bertz CT molecular complexity index is 310. The number of aliphatic hydroxyl groups excluding tert-OH is 1. The summed E-state index contributed by atoms with van der Waals surface area (Å²) in [6.45, 7) is 0.446. The van der Waals surface area contributed by atoms with E-state index in [-0.39, 0.29) is 19.2 Å². The molecular weight excluding hydrogens is 208 g/mol. The summed E-state index contributed by atoms with van der Waals surface area (Å²) in [4.78, 5) is 11.4. The maximum atomic E-state index is 11.4. The molecule has 0 radical (unpaired) electrons. The Labute approximate surface area is 94.8 Å². The van der Waals surface area contributed by atoms with Gasteiger partial charge >= 0.3 is 5.97 Å². The number of ether oxygens (including phenoxy) is 2. The highest BCUT2D eigenvalue weighted by Gasteiger charge is 2.08. The van der Waals surface area contributed by atoms with Crippen molar-refractivity contribution in [2.24, 2.45) is 0 Å². The molecule has 0 saturated carbocycles. The number of carbonyl (C=O) groups is 1. The zero-order valence-corrected chi connectivity index (χ0v) is 9.26. The van der Waals surface area contributed by atoms with Crippen molar-refractivity contribution in [3.8, 4) is 0 Å². The van der Waals surface area contributed by atoms with Crippen molar-refractivity contribution >= 4 is 5.97 Å². The van der Waals surface area contributed by atoms with Crippen molar-refractivity contribution in [3.05, 3.63) is 35.9 Å². The fraction of sp³-hybridized carbons (Fsp3) is 0.417. The standard InChI is InChI=1S/C12H16O4/c1-15-9-11(13)7-8-16-12(14)10-5-3-2-4-6-10/h2-6,11,13H,7-9H2,1H3. The first kappa shape index (κ1) is 12.7. The van der Waals surface area contributed by atoms with Crippen LogP contribution in [-0.2, 0) is 9.47 Å². The molecule has 0 spiro atoms. The van der Waals surface area contributed by atoms with Gasteiger partial charge in [-0.1, -0.05) is 18.2 Å². The van der Waals surface area contributed by atoms with E-state index < -0.39 is 6.10 Å². The van der Waals surface area contributed by atoms with Crippen molar-refractivity contribution in [3.63, 3.8) is 0 Å². The largest absolute Gasteiger partial charge is 0.462 e. The molecule has 0 fully saturated rings. The lowest BCUT2D eigenvalue weighted by Crippen LogP contribution is -2.18. The van der Waals surface area contributed by atoms with Crippen molar-refractivity contribution in [1.82, 2.24) is 0 Å². The van der Waals surface area contributed by atoms with E-state index in [0.717, 1.165) is 0 Å². The number of hydrogen-bond acceptors (Lipinski definition) is 4. The zero-order valence-electron chi connectivity index (χ0n) is 9.26. The highest BCUT2D eigenvalue weighted by atomic mass is 16.5. The van der Waals surface area contributed by atoms with Gasteiger partial charge in [0.1, 0.15) is 0 Å². The van der Waals surface area contributed by atoms with Crippen LogP contribution in [0, 0.1) is 0 Å². The predicted octanol–water partition coefficient (Wildman–Crippen LogP) is 1.24. The summed E-state index contributed by atoms with van der Waals surface area (Å²) in [5.74, 6) is -0.370. The highest BCUT2D eigenvalue weighted by Crippen LogP contribution is 2.02. The van der Waals surface area contributed by atoms with Crippen molar-refractivity contribution in [2.75, 3.05) is 20.3 Å². The molecule has 16 heavy (non-hydrogen) atoms. The SMILES string of the molecule is COCC(O)CCOC(=O)c1ccccc1. The van der Waals surface area contributed by atoms with Gasteiger partial charge in [-0.25, -0.2) is 4.79 Å². The summed E-state index contributed by atoms with van der Waals surface area (Å²) in [7, 11) is 1.51. The summed E-state index contributed by atoms with van der Waals surface area (Å²) in [6.07, 6.45) is -0.208. The molecule has 1 N–H and O–H groups in total. The van der Waals surface area contributed by atoms with Gasteiger partial charge in [0.2, 0.25) is 0 Å². The van der Waals surface area contributed by atoms with Crippen molar-refractivity contribution in [2.45, 2.75) is 12.5 Å². The first-order valence-electron chi connectivity index (χ1n) is 5.13. The van der Waals surface area contributed by atoms with E-state index in [4.69, 9.17) is 9.47 Å². The van der Waals surface area contributed by atoms with Crippen LogP contribution in [0.1, 0.15) is 16.8 Å². The Balaban J connectivity index is 2.26. The summed E-state index contributed by atoms with van der Waals surface area (Å²) in [5.41, 5.74) is 0.517. The third kappa shape index (κ3) is 4.42. The molecule has 1 aromatic carbocycles. The number of benzene rings is 1. The molecule has 1 unspecified atom stereocenters. The van der Waals surface area contributed by atoms with E-state index in [1.165, 1.54) is 7.11 Å². The Morgan fingerprint density at radius 1 is 1.38 bits per heavy atom. The molecule has 0 aliphatic heterocycles. The average molecular weight is 224 g/mol. The summed E-state index contributed by atoms with van der Waals surface area (Å²) < 4.78 is 9.75. The molecule has 0 aliphatic rings. The van der Waals surface area contributed by atoms with Gasteiger partial charge in [-0.15, -0.1) is 0 Å². The van der Waals surface area contributed by atoms with Gasteiger partial charge in [-0.3, -0.25) is 0 Å². The minimum atomic E-state index is -0.589. The van der Waals surface area contributed by atoms with Gasteiger partial charge in [0.05, 0.1) is 24.9 Å². The summed E-state index contributed by atoms with van der Waals surface area (Å²) in [6, 6.07) is 8.76. The number of esters is 1. The van der Waals surface area contributed by atoms with Crippen LogP contribution < -0.4 is 0 Å². The lowest BCUT2D eigenvalue weighted by molar-refractivity contribution is 0.0270. The van der Waals surface area contributed by atoms with E-state index in [1.807, 2.05) is 6.07 Å². The second-order valence-corrected chi connectivity index (χ2v) is 3.40. The van der Waals surface area contributed by atoms with E-state index >= 15 is 0 Å². The molecule has 0 amide bonds. The number of aliphatic hydroxyl groups is 1. The lowest BCUT2D eigenvalue weighted by Gasteiger charge is -2.09. The molecule has 0 aliphatic carbocycles. The third-order valence-electron chi connectivity index (χ3n) is 2.05. The van der Waals surface area contributed by atoms with Crippen LogP contribution in [0.4, 0.5) is 0 Å². The molecular formula is C12H16O4. The fourth-order valence-electron chi connectivity index (χ4n) is 1.22. The molecule has 0 heterocycles. The quantitative estimate of drug-likeness (QED) is 0.739. The van der Waals surface area contributed by atoms with Gasteiger partial charge in [0.15, 0.2) is 0 Å². The van der Waals surface area contributed by atoms with Crippen LogP contribution in [0.2, 0.25) is 0 Å². The smallest absolute Gasteiger partial charge is 0.338 e. The Hall–Kier alpha value is -1.39. The van der Waals surface area contributed by atoms with E-state index in [0.29, 0.717) is 12.0 Å².